The van der Waals surface area contributed by atoms with Gasteiger partial charge in [-0.25, -0.2) is 8.42 Å². The van der Waals surface area contributed by atoms with Gasteiger partial charge in [0.1, 0.15) is 5.88 Å². The van der Waals surface area contributed by atoms with Crippen molar-refractivity contribution in [3.63, 3.8) is 0 Å². The van der Waals surface area contributed by atoms with Gasteiger partial charge in [0.25, 0.3) is 0 Å². The van der Waals surface area contributed by atoms with Crippen LogP contribution < -0.4 is 4.90 Å². The summed E-state index contributed by atoms with van der Waals surface area (Å²) in [6.45, 7) is 1.94. The van der Waals surface area contributed by atoms with Crippen LogP contribution in [0.5, 0.6) is 0 Å². The largest absolute Gasteiger partial charge is 0.360 e. The summed E-state index contributed by atoms with van der Waals surface area (Å²) in [6, 6.07) is 16.4. The molecule has 2 aromatic carbocycles. The molecule has 0 saturated carbocycles. The highest BCUT2D eigenvalue weighted by Gasteiger charge is 2.17. The standard InChI is InChI=1S/C15H17NO2S/c1-13-8-10-15(11-9-13)19(17,18)12-16(2)14-6-4-3-5-7-14/h3-11H,12H2,1-2H3. The average Bonchev–Trinajstić information content (AvgIpc) is 2.40. The number of anilines is 1. The number of rotatable bonds is 4. The van der Waals surface area contributed by atoms with E-state index in [9.17, 15) is 8.42 Å². The number of hydrogen-bond donors (Lipinski definition) is 0. The quantitative estimate of drug-likeness (QED) is 0.861. The van der Waals surface area contributed by atoms with Crippen LogP contribution in [0.25, 0.3) is 0 Å². The number of sulfone groups is 1. The third-order valence-corrected chi connectivity index (χ3v) is 4.66. The zero-order valence-corrected chi connectivity index (χ0v) is 11.9. The molecule has 0 radical (unpaired) electrons. The molecule has 100 valence electrons. The highest BCUT2D eigenvalue weighted by atomic mass is 32.2. The van der Waals surface area contributed by atoms with E-state index >= 15 is 0 Å². The smallest absolute Gasteiger partial charge is 0.196 e. The van der Waals surface area contributed by atoms with Crippen LogP contribution in [0, 0.1) is 6.92 Å². The lowest BCUT2D eigenvalue weighted by molar-refractivity contribution is 0.595. The van der Waals surface area contributed by atoms with Crippen LogP contribution >= 0.6 is 0 Å². The molecule has 0 spiro atoms. The van der Waals surface area contributed by atoms with Gasteiger partial charge >= 0.3 is 0 Å². The molecule has 0 aliphatic rings. The normalized spacial score (nSPS) is 11.3. The third-order valence-electron chi connectivity index (χ3n) is 2.94. The Morgan fingerprint density at radius 1 is 0.947 bits per heavy atom. The van der Waals surface area contributed by atoms with Crippen LogP contribution in [0.3, 0.4) is 0 Å². The predicted octanol–water partition coefficient (Wildman–Crippen LogP) is 2.86. The lowest BCUT2D eigenvalue weighted by atomic mass is 10.2. The van der Waals surface area contributed by atoms with Crippen LogP contribution in [-0.4, -0.2) is 21.3 Å². The number of hydrogen-bond acceptors (Lipinski definition) is 3. The lowest BCUT2D eigenvalue weighted by Crippen LogP contribution is -2.25. The summed E-state index contributed by atoms with van der Waals surface area (Å²) in [4.78, 5) is 2.09. The van der Waals surface area contributed by atoms with E-state index in [-0.39, 0.29) is 5.88 Å². The van der Waals surface area contributed by atoms with Gasteiger partial charge in [0, 0.05) is 12.7 Å². The van der Waals surface area contributed by atoms with E-state index in [0.29, 0.717) is 4.90 Å². The monoisotopic (exact) mass is 275 g/mol. The summed E-state index contributed by atoms with van der Waals surface area (Å²) in [7, 11) is -1.52. The summed E-state index contributed by atoms with van der Waals surface area (Å²) in [5, 5.41) is 0. The van der Waals surface area contributed by atoms with Crippen LogP contribution in [0.4, 0.5) is 5.69 Å². The van der Waals surface area contributed by atoms with E-state index in [1.807, 2.05) is 49.4 Å². The van der Waals surface area contributed by atoms with Crippen molar-refractivity contribution in [3.8, 4) is 0 Å². The molecule has 0 aliphatic carbocycles. The van der Waals surface area contributed by atoms with Gasteiger partial charge in [0.15, 0.2) is 9.84 Å². The molecule has 2 rings (SSSR count). The van der Waals surface area contributed by atoms with Gasteiger partial charge in [-0.2, -0.15) is 0 Å². The number of nitrogens with zero attached hydrogens (tertiary/aromatic N) is 1. The Kier molecular flexibility index (Phi) is 3.90. The summed E-state index contributed by atoms with van der Waals surface area (Å²) in [6.07, 6.45) is 0. The van der Waals surface area contributed by atoms with E-state index in [2.05, 4.69) is 0 Å². The minimum absolute atomic E-state index is 0.0277. The summed E-state index contributed by atoms with van der Waals surface area (Å²) in [5.41, 5.74) is 1.94. The first kappa shape index (κ1) is 13.6. The van der Waals surface area contributed by atoms with Crippen molar-refractivity contribution in [1.29, 1.82) is 0 Å². The first-order valence-electron chi connectivity index (χ1n) is 6.05. The van der Waals surface area contributed by atoms with Crippen molar-refractivity contribution >= 4 is 15.5 Å². The van der Waals surface area contributed by atoms with Gasteiger partial charge in [-0.15, -0.1) is 0 Å². The third kappa shape index (κ3) is 3.35. The summed E-state index contributed by atoms with van der Waals surface area (Å²) in [5.74, 6) is -0.0277. The van der Waals surface area contributed by atoms with Crippen LogP contribution in [-0.2, 0) is 9.84 Å². The lowest BCUT2D eigenvalue weighted by Gasteiger charge is -2.19. The maximum atomic E-state index is 12.3. The van der Waals surface area contributed by atoms with Gasteiger partial charge in [-0.3, -0.25) is 0 Å². The van der Waals surface area contributed by atoms with Crippen LogP contribution in [0.1, 0.15) is 5.56 Å². The Hall–Kier alpha value is -1.81. The zero-order valence-electron chi connectivity index (χ0n) is 11.1. The molecule has 0 saturated heterocycles. The van der Waals surface area contributed by atoms with E-state index < -0.39 is 9.84 Å². The fourth-order valence-corrected chi connectivity index (χ4v) is 3.19. The average molecular weight is 275 g/mol. The summed E-state index contributed by atoms with van der Waals surface area (Å²) < 4.78 is 24.6. The molecule has 0 aromatic heterocycles. The fourth-order valence-electron chi connectivity index (χ4n) is 1.83. The molecular weight excluding hydrogens is 258 g/mol. The zero-order chi connectivity index (χ0) is 13.9. The minimum atomic E-state index is -3.30. The Morgan fingerprint density at radius 3 is 2.11 bits per heavy atom. The second kappa shape index (κ2) is 5.45. The molecule has 0 atom stereocenters. The van der Waals surface area contributed by atoms with Gasteiger partial charge < -0.3 is 4.90 Å². The van der Waals surface area contributed by atoms with E-state index in [0.717, 1.165) is 11.3 Å². The number of aryl methyl sites for hydroxylation is 1. The van der Waals surface area contributed by atoms with Gasteiger partial charge in [0.2, 0.25) is 0 Å². The molecule has 0 N–H and O–H groups in total. The van der Waals surface area contributed by atoms with Gasteiger partial charge in [-0.1, -0.05) is 35.9 Å². The molecule has 0 unspecified atom stereocenters. The maximum absolute atomic E-state index is 12.3. The second-order valence-electron chi connectivity index (χ2n) is 4.59. The number of para-hydroxylation sites is 1. The van der Waals surface area contributed by atoms with Gasteiger partial charge in [0.05, 0.1) is 4.90 Å². The van der Waals surface area contributed by atoms with E-state index in [1.54, 1.807) is 24.1 Å². The Morgan fingerprint density at radius 2 is 1.53 bits per heavy atom. The Labute approximate surface area is 114 Å². The highest BCUT2D eigenvalue weighted by molar-refractivity contribution is 7.91. The Bertz CT molecular complexity index is 634. The molecule has 0 fully saturated rings. The second-order valence-corrected chi connectivity index (χ2v) is 6.55. The molecule has 3 nitrogen and oxygen atoms in total. The molecule has 0 aliphatic heterocycles. The topological polar surface area (TPSA) is 37.4 Å². The minimum Gasteiger partial charge on any atom is -0.360 e. The summed E-state index contributed by atoms with van der Waals surface area (Å²) >= 11 is 0. The van der Waals surface area contributed by atoms with Crippen molar-refractivity contribution < 1.29 is 8.42 Å². The van der Waals surface area contributed by atoms with Crippen LogP contribution in [0.15, 0.2) is 59.5 Å². The SMILES string of the molecule is Cc1ccc(S(=O)(=O)CN(C)c2ccccc2)cc1. The van der Waals surface area contributed by atoms with Crippen molar-refractivity contribution in [3.05, 3.63) is 60.2 Å². The molecular formula is C15H17NO2S. The first-order chi connectivity index (χ1) is 8.99. The van der Waals surface area contributed by atoms with E-state index in [1.165, 1.54) is 0 Å². The highest BCUT2D eigenvalue weighted by Crippen LogP contribution is 2.17. The van der Waals surface area contributed by atoms with Crippen LogP contribution in [0.2, 0.25) is 0 Å². The molecule has 0 bridgehead atoms. The molecule has 0 heterocycles. The van der Waals surface area contributed by atoms with E-state index in [4.69, 9.17) is 0 Å². The first-order valence-corrected chi connectivity index (χ1v) is 7.70. The van der Waals surface area contributed by atoms with Crippen molar-refractivity contribution in [2.75, 3.05) is 17.8 Å². The molecule has 2 aromatic rings. The van der Waals surface area contributed by atoms with Gasteiger partial charge in [-0.05, 0) is 31.2 Å². The van der Waals surface area contributed by atoms with Crippen molar-refractivity contribution in [2.45, 2.75) is 11.8 Å². The van der Waals surface area contributed by atoms with Crippen molar-refractivity contribution in [2.24, 2.45) is 0 Å². The molecule has 4 heteroatoms. The fraction of sp³-hybridized carbons (Fsp3) is 0.200. The predicted molar refractivity (Wildman–Crippen MR) is 78.1 cm³/mol. The maximum Gasteiger partial charge on any atom is 0.196 e. The number of benzene rings is 2. The van der Waals surface area contributed by atoms with Crippen molar-refractivity contribution in [1.82, 2.24) is 0 Å². The molecule has 0 amide bonds. The Balaban J connectivity index is 2.20. The molecule has 19 heavy (non-hydrogen) atoms.